The van der Waals surface area contributed by atoms with Crippen LogP contribution in [0.25, 0.3) is 10.1 Å². The van der Waals surface area contributed by atoms with Crippen LogP contribution in [0.4, 0.5) is 5.69 Å². The summed E-state index contributed by atoms with van der Waals surface area (Å²) in [5.41, 5.74) is 1.03. The van der Waals surface area contributed by atoms with Crippen LogP contribution in [0.1, 0.15) is 6.42 Å². The number of carbonyl (C=O) groups excluding carboxylic acids is 1. The summed E-state index contributed by atoms with van der Waals surface area (Å²) in [6.45, 7) is 1.76. The summed E-state index contributed by atoms with van der Waals surface area (Å²) >= 11 is 1.69. The third-order valence-electron chi connectivity index (χ3n) is 3.56. The Balaban J connectivity index is 1.91. The van der Waals surface area contributed by atoms with Gasteiger partial charge in [-0.25, -0.2) is 0 Å². The Bertz CT molecular complexity index is 572. The van der Waals surface area contributed by atoms with Crippen molar-refractivity contribution in [2.24, 2.45) is 5.92 Å². The molecule has 0 aliphatic carbocycles. The average molecular weight is 260 g/mol. The molecule has 4 heteroatoms. The normalized spacial score (nSPS) is 19.3. The van der Waals surface area contributed by atoms with Gasteiger partial charge >= 0.3 is 0 Å². The van der Waals surface area contributed by atoms with Gasteiger partial charge in [-0.05, 0) is 19.0 Å². The van der Waals surface area contributed by atoms with Gasteiger partial charge in [0.2, 0.25) is 5.91 Å². The van der Waals surface area contributed by atoms with Crippen molar-refractivity contribution in [3.8, 4) is 0 Å². The van der Waals surface area contributed by atoms with Crippen LogP contribution in [0.5, 0.6) is 0 Å². The fraction of sp³-hybridized carbons (Fsp3) is 0.357. The zero-order valence-corrected chi connectivity index (χ0v) is 11.2. The van der Waals surface area contributed by atoms with E-state index in [1.165, 1.54) is 10.1 Å². The highest BCUT2D eigenvalue weighted by atomic mass is 32.1. The predicted octanol–water partition coefficient (Wildman–Crippen LogP) is 2.47. The number of nitrogens with zero attached hydrogens (tertiary/aromatic N) is 1. The molecule has 0 bridgehead atoms. The molecule has 1 aromatic heterocycles. The highest BCUT2D eigenvalue weighted by molar-refractivity contribution is 7.17. The maximum Gasteiger partial charge on any atom is 0.231 e. The number of carbonyl (C=O) groups is 1. The highest BCUT2D eigenvalue weighted by Gasteiger charge is 2.26. The van der Waals surface area contributed by atoms with Crippen LogP contribution in [0.2, 0.25) is 0 Å². The lowest BCUT2D eigenvalue weighted by atomic mass is 10.1. The van der Waals surface area contributed by atoms with Gasteiger partial charge in [0.1, 0.15) is 0 Å². The number of hydrogen-bond donors (Lipinski definition) is 1. The molecule has 3 nitrogen and oxygen atoms in total. The van der Waals surface area contributed by atoms with Crippen LogP contribution in [0.3, 0.4) is 0 Å². The van der Waals surface area contributed by atoms with Crippen molar-refractivity contribution in [2.45, 2.75) is 6.42 Å². The maximum atomic E-state index is 12.4. The van der Waals surface area contributed by atoms with Gasteiger partial charge < -0.3 is 10.2 Å². The monoisotopic (exact) mass is 260 g/mol. The van der Waals surface area contributed by atoms with Crippen molar-refractivity contribution < 1.29 is 4.79 Å². The molecule has 1 saturated heterocycles. The van der Waals surface area contributed by atoms with Gasteiger partial charge in [-0.1, -0.05) is 18.2 Å². The minimum atomic E-state index is 0.133. The molecule has 0 spiro atoms. The van der Waals surface area contributed by atoms with Crippen molar-refractivity contribution in [1.29, 1.82) is 0 Å². The number of hydrogen-bond acceptors (Lipinski definition) is 3. The second-order valence-electron chi connectivity index (χ2n) is 4.70. The summed E-state index contributed by atoms with van der Waals surface area (Å²) in [4.78, 5) is 14.2. The summed E-state index contributed by atoms with van der Waals surface area (Å²) in [5, 5.41) is 6.49. The van der Waals surface area contributed by atoms with Gasteiger partial charge in [0.05, 0.1) is 11.6 Å². The summed E-state index contributed by atoms with van der Waals surface area (Å²) in [6.07, 6.45) is 0.950. The predicted molar refractivity (Wildman–Crippen MR) is 76.2 cm³/mol. The Kier molecular flexibility index (Phi) is 3.06. The topological polar surface area (TPSA) is 32.3 Å². The second-order valence-corrected chi connectivity index (χ2v) is 5.62. The Morgan fingerprint density at radius 2 is 2.28 bits per heavy atom. The van der Waals surface area contributed by atoms with E-state index in [-0.39, 0.29) is 11.8 Å². The van der Waals surface area contributed by atoms with Crippen LogP contribution >= 0.6 is 11.3 Å². The zero-order chi connectivity index (χ0) is 12.5. The number of anilines is 1. The highest BCUT2D eigenvalue weighted by Crippen LogP contribution is 2.33. The molecule has 1 unspecified atom stereocenters. The third kappa shape index (κ3) is 1.91. The molecular formula is C14H16N2OS. The first-order chi connectivity index (χ1) is 8.77. The van der Waals surface area contributed by atoms with Crippen molar-refractivity contribution >= 4 is 33.0 Å². The van der Waals surface area contributed by atoms with Gasteiger partial charge in [0.25, 0.3) is 0 Å². The Morgan fingerprint density at radius 1 is 1.44 bits per heavy atom. The molecule has 1 aliphatic rings. The van der Waals surface area contributed by atoms with Crippen LogP contribution < -0.4 is 10.2 Å². The lowest BCUT2D eigenvalue weighted by molar-refractivity contribution is -0.121. The lowest BCUT2D eigenvalue weighted by Crippen LogP contribution is -2.33. The molecule has 2 aromatic rings. The minimum Gasteiger partial charge on any atom is -0.316 e. The minimum absolute atomic E-state index is 0.133. The fourth-order valence-electron chi connectivity index (χ4n) is 2.48. The van der Waals surface area contributed by atoms with Crippen LogP contribution in [0, 0.1) is 5.92 Å². The Labute approximate surface area is 110 Å². The molecule has 0 saturated carbocycles. The number of thiophene rings is 1. The number of nitrogens with one attached hydrogen (secondary N) is 1. The van der Waals surface area contributed by atoms with E-state index in [4.69, 9.17) is 0 Å². The van der Waals surface area contributed by atoms with Crippen LogP contribution in [0.15, 0.2) is 29.6 Å². The van der Waals surface area contributed by atoms with Crippen molar-refractivity contribution in [3.05, 3.63) is 29.6 Å². The second kappa shape index (κ2) is 4.71. The average Bonchev–Trinajstić information content (AvgIpc) is 3.06. The summed E-state index contributed by atoms with van der Waals surface area (Å²) in [7, 11) is 1.88. The summed E-state index contributed by atoms with van der Waals surface area (Å²) in [5.74, 6) is 0.359. The quantitative estimate of drug-likeness (QED) is 0.899. The molecule has 0 radical (unpaired) electrons. The van der Waals surface area contributed by atoms with E-state index in [0.29, 0.717) is 0 Å². The first kappa shape index (κ1) is 11.7. The van der Waals surface area contributed by atoms with E-state index in [1.807, 2.05) is 24.1 Å². The van der Waals surface area contributed by atoms with Gasteiger partial charge in [-0.2, -0.15) is 0 Å². The van der Waals surface area contributed by atoms with Gasteiger partial charge in [0.15, 0.2) is 0 Å². The number of amides is 1. The van der Waals surface area contributed by atoms with E-state index in [1.54, 1.807) is 11.3 Å². The lowest BCUT2D eigenvalue weighted by Gasteiger charge is -2.20. The van der Waals surface area contributed by atoms with E-state index in [2.05, 4.69) is 22.8 Å². The molecule has 1 aliphatic heterocycles. The van der Waals surface area contributed by atoms with E-state index in [9.17, 15) is 4.79 Å². The van der Waals surface area contributed by atoms with Gasteiger partial charge in [-0.3, -0.25) is 4.79 Å². The molecule has 1 N–H and O–H groups in total. The molecule has 2 heterocycles. The molecule has 1 amide bonds. The molecule has 94 valence electrons. The molecule has 1 aromatic carbocycles. The molecule has 1 atom stereocenters. The SMILES string of the molecule is CN(C(=O)C1CCNC1)c1csc2ccccc12. The van der Waals surface area contributed by atoms with Crippen molar-refractivity contribution in [2.75, 3.05) is 25.0 Å². The van der Waals surface area contributed by atoms with E-state index in [0.717, 1.165) is 25.2 Å². The first-order valence-electron chi connectivity index (χ1n) is 6.22. The van der Waals surface area contributed by atoms with Gasteiger partial charge in [-0.15, -0.1) is 11.3 Å². The van der Waals surface area contributed by atoms with Crippen molar-refractivity contribution in [3.63, 3.8) is 0 Å². The summed E-state index contributed by atoms with van der Waals surface area (Å²) in [6, 6.07) is 8.23. The Hall–Kier alpha value is -1.39. The molecule has 18 heavy (non-hydrogen) atoms. The molecular weight excluding hydrogens is 244 g/mol. The maximum absolute atomic E-state index is 12.4. The van der Waals surface area contributed by atoms with Gasteiger partial charge in [0, 0.05) is 29.1 Å². The largest absolute Gasteiger partial charge is 0.316 e. The smallest absolute Gasteiger partial charge is 0.231 e. The zero-order valence-electron chi connectivity index (χ0n) is 10.3. The van der Waals surface area contributed by atoms with E-state index >= 15 is 0 Å². The standard InChI is InChI=1S/C14H16N2OS/c1-16(14(17)10-6-7-15-8-10)12-9-18-13-5-3-2-4-11(12)13/h2-5,9-10,15H,6-8H2,1H3. The first-order valence-corrected chi connectivity index (χ1v) is 7.10. The van der Waals surface area contributed by atoms with E-state index < -0.39 is 0 Å². The fourth-order valence-corrected chi connectivity index (χ4v) is 3.46. The summed E-state index contributed by atoms with van der Waals surface area (Å²) < 4.78 is 1.23. The number of benzene rings is 1. The molecule has 3 rings (SSSR count). The van der Waals surface area contributed by atoms with Crippen LogP contribution in [-0.4, -0.2) is 26.0 Å². The van der Waals surface area contributed by atoms with Crippen molar-refractivity contribution in [1.82, 2.24) is 5.32 Å². The number of fused-ring (bicyclic) bond motifs is 1. The molecule has 1 fully saturated rings. The van der Waals surface area contributed by atoms with Crippen LogP contribution in [-0.2, 0) is 4.79 Å². The third-order valence-corrected chi connectivity index (χ3v) is 4.51. The number of rotatable bonds is 2. The Morgan fingerprint density at radius 3 is 3.06 bits per heavy atom.